The molecule has 0 saturated carbocycles. The average molecular weight is 280 g/mol. The molecule has 0 aliphatic rings. The molecule has 0 bridgehead atoms. The lowest BCUT2D eigenvalue weighted by Gasteiger charge is -2.09. The zero-order valence-corrected chi connectivity index (χ0v) is 10.5. The fourth-order valence-corrected chi connectivity index (χ4v) is 1.67. The smallest absolute Gasteiger partial charge is 0.258 e. The van der Waals surface area contributed by atoms with Crippen LogP contribution >= 0.6 is 0 Å². The Morgan fingerprint density at radius 2 is 1.80 bits per heavy atom. The molecule has 2 rings (SSSR count). The minimum Gasteiger partial charge on any atom is -0.397 e. The summed E-state index contributed by atoms with van der Waals surface area (Å²) in [6.45, 7) is 1.41. The first kappa shape index (κ1) is 13.9. The molecule has 3 N–H and O–H groups in total. The van der Waals surface area contributed by atoms with Gasteiger partial charge in [0.15, 0.2) is 0 Å². The van der Waals surface area contributed by atoms with Gasteiger partial charge in [0.2, 0.25) is 0 Å². The standard InChI is InChI=1S/C14H11F3N2O/c1-7-4-9(11(17)6-10(7)16)14(20)19-13-3-2-8(15)5-12(13)18/h2-6H,18H2,1H3,(H,19,20). The largest absolute Gasteiger partial charge is 0.397 e. The lowest BCUT2D eigenvalue weighted by molar-refractivity contribution is 0.102. The Morgan fingerprint density at radius 1 is 1.10 bits per heavy atom. The van der Waals surface area contributed by atoms with Gasteiger partial charge in [0.1, 0.15) is 17.5 Å². The van der Waals surface area contributed by atoms with Gasteiger partial charge in [0, 0.05) is 6.07 Å². The van der Waals surface area contributed by atoms with E-state index in [0.717, 1.165) is 18.2 Å². The summed E-state index contributed by atoms with van der Waals surface area (Å²) in [4.78, 5) is 11.9. The van der Waals surface area contributed by atoms with Gasteiger partial charge in [-0.3, -0.25) is 4.79 Å². The van der Waals surface area contributed by atoms with Gasteiger partial charge in [-0.1, -0.05) is 0 Å². The highest BCUT2D eigenvalue weighted by Gasteiger charge is 2.15. The summed E-state index contributed by atoms with van der Waals surface area (Å²) in [6.07, 6.45) is 0. The van der Waals surface area contributed by atoms with Crippen molar-refractivity contribution in [2.75, 3.05) is 11.1 Å². The topological polar surface area (TPSA) is 55.1 Å². The molecule has 0 unspecified atom stereocenters. The number of halogens is 3. The van der Waals surface area contributed by atoms with Crippen LogP contribution in [-0.4, -0.2) is 5.91 Å². The number of rotatable bonds is 2. The number of aryl methyl sites for hydroxylation is 1. The molecule has 2 aromatic carbocycles. The lowest BCUT2D eigenvalue weighted by Crippen LogP contribution is -2.15. The van der Waals surface area contributed by atoms with Crippen molar-refractivity contribution in [3.05, 3.63) is 58.9 Å². The molecule has 0 saturated heterocycles. The second kappa shape index (κ2) is 5.24. The summed E-state index contributed by atoms with van der Waals surface area (Å²) in [6, 6.07) is 5.13. The van der Waals surface area contributed by atoms with Gasteiger partial charge in [-0.15, -0.1) is 0 Å². The second-order valence-electron chi connectivity index (χ2n) is 4.27. The number of carbonyl (C=O) groups excluding carboxylic acids is 1. The Balaban J connectivity index is 2.31. The average Bonchev–Trinajstić information content (AvgIpc) is 2.37. The fourth-order valence-electron chi connectivity index (χ4n) is 1.67. The number of hydrogen-bond donors (Lipinski definition) is 2. The zero-order chi connectivity index (χ0) is 14.9. The number of nitrogens with two attached hydrogens (primary N) is 1. The number of benzene rings is 2. The van der Waals surface area contributed by atoms with Gasteiger partial charge in [-0.2, -0.15) is 0 Å². The first-order valence-corrected chi connectivity index (χ1v) is 5.70. The highest BCUT2D eigenvalue weighted by atomic mass is 19.1. The SMILES string of the molecule is Cc1cc(C(=O)Nc2ccc(F)cc2N)c(F)cc1F. The van der Waals surface area contributed by atoms with Crippen LogP contribution in [0.5, 0.6) is 0 Å². The summed E-state index contributed by atoms with van der Waals surface area (Å²) >= 11 is 0. The van der Waals surface area contributed by atoms with Crippen molar-refractivity contribution < 1.29 is 18.0 Å². The van der Waals surface area contributed by atoms with Gasteiger partial charge in [0.25, 0.3) is 5.91 Å². The first-order valence-electron chi connectivity index (χ1n) is 5.70. The molecule has 3 nitrogen and oxygen atoms in total. The van der Waals surface area contributed by atoms with Gasteiger partial charge in [0.05, 0.1) is 16.9 Å². The molecule has 0 spiro atoms. The Labute approximate surface area is 113 Å². The van der Waals surface area contributed by atoms with E-state index in [1.54, 1.807) is 0 Å². The molecule has 0 aromatic heterocycles. The normalized spacial score (nSPS) is 10.4. The van der Waals surface area contributed by atoms with E-state index in [4.69, 9.17) is 5.73 Å². The van der Waals surface area contributed by atoms with Gasteiger partial charge in [-0.25, -0.2) is 13.2 Å². The van der Waals surface area contributed by atoms with Gasteiger partial charge in [-0.05, 0) is 36.8 Å². The third-order valence-corrected chi connectivity index (χ3v) is 2.75. The Morgan fingerprint density at radius 3 is 2.45 bits per heavy atom. The molecule has 0 aliphatic carbocycles. The van der Waals surface area contributed by atoms with E-state index < -0.39 is 23.4 Å². The molecule has 0 atom stereocenters. The van der Waals surface area contributed by atoms with Crippen LogP contribution in [0.2, 0.25) is 0 Å². The predicted octanol–water partition coefficient (Wildman–Crippen LogP) is 3.25. The van der Waals surface area contributed by atoms with E-state index in [1.165, 1.54) is 13.0 Å². The fraction of sp³-hybridized carbons (Fsp3) is 0.0714. The predicted molar refractivity (Wildman–Crippen MR) is 69.9 cm³/mol. The summed E-state index contributed by atoms with van der Waals surface area (Å²) in [5, 5.41) is 2.35. The van der Waals surface area contributed by atoms with Crippen LogP contribution in [0.3, 0.4) is 0 Å². The number of anilines is 2. The van der Waals surface area contributed by atoms with E-state index >= 15 is 0 Å². The Hall–Kier alpha value is -2.50. The maximum Gasteiger partial charge on any atom is 0.258 e. The van der Waals surface area contributed by atoms with Crippen molar-refractivity contribution in [2.24, 2.45) is 0 Å². The van der Waals surface area contributed by atoms with Crippen LogP contribution < -0.4 is 11.1 Å². The van der Waals surface area contributed by atoms with Crippen LogP contribution in [0.15, 0.2) is 30.3 Å². The molecule has 2 aromatic rings. The van der Waals surface area contributed by atoms with Crippen LogP contribution in [0.25, 0.3) is 0 Å². The molecule has 104 valence electrons. The Kier molecular flexibility index (Phi) is 3.65. The molecule has 1 amide bonds. The summed E-state index contributed by atoms with van der Waals surface area (Å²) in [7, 11) is 0. The molecular weight excluding hydrogens is 269 g/mol. The zero-order valence-electron chi connectivity index (χ0n) is 10.5. The van der Waals surface area contributed by atoms with Crippen LogP contribution in [0.4, 0.5) is 24.5 Å². The monoisotopic (exact) mass is 280 g/mol. The third-order valence-electron chi connectivity index (χ3n) is 2.75. The van der Waals surface area contributed by atoms with E-state index in [0.29, 0.717) is 6.07 Å². The molecule has 6 heteroatoms. The highest BCUT2D eigenvalue weighted by molar-refractivity contribution is 6.06. The molecular formula is C14H11F3N2O. The minimum absolute atomic E-state index is 0.0117. The van der Waals surface area contributed by atoms with Crippen molar-refractivity contribution in [3.8, 4) is 0 Å². The van der Waals surface area contributed by atoms with Crippen molar-refractivity contribution in [1.29, 1.82) is 0 Å². The van der Waals surface area contributed by atoms with Crippen LogP contribution in [-0.2, 0) is 0 Å². The minimum atomic E-state index is -0.980. The van der Waals surface area contributed by atoms with Crippen molar-refractivity contribution in [2.45, 2.75) is 6.92 Å². The van der Waals surface area contributed by atoms with Crippen LogP contribution in [0, 0.1) is 24.4 Å². The molecule has 0 radical (unpaired) electrons. The van der Waals surface area contributed by atoms with E-state index in [-0.39, 0.29) is 22.5 Å². The number of carbonyl (C=O) groups is 1. The first-order chi connectivity index (χ1) is 9.38. The lowest BCUT2D eigenvalue weighted by atomic mass is 10.1. The van der Waals surface area contributed by atoms with Gasteiger partial charge >= 0.3 is 0 Å². The van der Waals surface area contributed by atoms with E-state index in [1.807, 2.05) is 0 Å². The number of hydrogen-bond acceptors (Lipinski definition) is 2. The van der Waals surface area contributed by atoms with Crippen molar-refractivity contribution >= 4 is 17.3 Å². The number of amides is 1. The van der Waals surface area contributed by atoms with Crippen molar-refractivity contribution in [3.63, 3.8) is 0 Å². The summed E-state index contributed by atoms with van der Waals surface area (Å²) in [5.74, 6) is -3.06. The maximum atomic E-state index is 13.6. The van der Waals surface area contributed by atoms with E-state index in [2.05, 4.69) is 5.32 Å². The number of nitrogen functional groups attached to an aromatic ring is 1. The second-order valence-corrected chi connectivity index (χ2v) is 4.27. The molecule has 0 heterocycles. The molecule has 20 heavy (non-hydrogen) atoms. The number of nitrogens with one attached hydrogen (secondary N) is 1. The maximum absolute atomic E-state index is 13.6. The van der Waals surface area contributed by atoms with Gasteiger partial charge < -0.3 is 11.1 Å². The van der Waals surface area contributed by atoms with Crippen molar-refractivity contribution in [1.82, 2.24) is 0 Å². The van der Waals surface area contributed by atoms with Crippen LogP contribution in [0.1, 0.15) is 15.9 Å². The van der Waals surface area contributed by atoms with E-state index in [9.17, 15) is 18.0 Å². The highest BCUT2D eigenvalue weighted by Crippen LogP contribution is 2.21. The molecule has 0 fully saturated rings. The third kappa shape index (κ3) is 2.74. The quantitative estimate of drug-likeness (QED) is 0.830. The summed E-state index contributed by atoms with van der Waals surface area (Å²) < 4.78 is 39.6. The molecule has 0 aliphatic heterocycles. The Bertz CT molecular complexity index is 686. The summed E-state index contributed by atoms with van der Waals surface area (Å²) in [5.41, 5.74) is 5.52.